The summed E-state index contributed by atoms with van der Waals surface area (Å²) in [6, 6.07) is 0.485. The van der Waals surface area contributed by atoms with Gasteiger partial charge in [-0.2, -0.15) is 0 Å². The van der Waals surface area contributed by atoms with Crippen LogP contribution in [0.25, 0.3) is 0 Å². The van der Waals surface area contributed by atoms with Crippen molar-refractivity contribution in [1.82, 2.24) is 5.32 Å². The number of allylic oxidation sites excluding steroid dienone is 3. The minimum atomic E-state index is -1.42. The first kappa shape index (κ1) is 21.4. The molecule has 6 nitrogen and oxygen atoms in total. The van der Waals surface area contributed by atoms with Crippen molar-refractivity contribution in [1.29, 1.82) is 0 Å². The Morgan fingerprint density at radius 3 is 2.36 bits per heavy atom. The number of Topliss-reactive ketones (excluding diaryl/α,β-unsaturated/α-hetero) is 1. The highest BCUT2D eigenvalue weighted by atomic mass is 19.1. The van der Waals surface area contributed by atoms with Crippen LogP contribution >= 0.6 is 0 Å². The molecule has 1 aromatic rings. The molecule has 0 saturated heterocycles. The number of amides is 1. The van der Waals surface area contributed by atoms with Crippen LogP contribution in [0.15, 0.2) is 42.5 Å². The average molecular weight is 392 g/mol. The number of hydrogen-bond donors (Lipinski definition) is 2. The number of ether oxygens (including phenoxy) is 1. The maximum atomic E-state index is 13.3. The summed E-state index contributed by atoms with van der Waals surface area (Å²) in [5.41, 5.74) is 4.43. The van der Waals surface area contributed by atoms with Gasteiger partial charge in [-0.15, -0.1) is 0 Å². The number of rotatable bonds is 7. The van der Waals surface area contributed by atoms with Crippen LogP contribution in [0.3, 0.4) is 0 Å². The molecule has 0 radical (unpaired) electrons. The second-order valence-corrected chi connectivity index (χ2v) is 6.66. The molecular formula is C20H22F2N2O4. The van der Waals surface area contributed by atoms with E-state index in [0.29, 0.717) is 6.07 Å². The number of carbonyl (C=O) groups is 3. The van der Waals surface area contributed by atoms with Gasteiger partial charge in [-0.3, -0.25) is 9.59 Å². The number of halogens is 2. The van der Waals surface area contributed by atoms with E-state index in [-0.39, 0.29) is 18.4 Å². The van der Waals surface area contributed by atoms with Gasteiger partial charge in [0.15, 0.2) is 5.78 Å². The summed E-state index contributed by atoms with van der Waals surface area (Å²) in [6.45, 7) is 1.49. The van der Waals surface area contributed by atoms with Gasteiger partial charge in [0.2, 0.25) is 5.91 Å². The summed E-state index contributed by atoms with van der Waals surface area (Å²) in [6.07, 6.45) is 6.25. The molecule has 28 heavy (non-hydrogen) atoms. The van der Waals surface area contributed by atoms with Crippen LogP contribution in [0.1, 0.15) is 18.9 Å². The molecule has 8 heteroatoms. The summed E-state index contributed by atoms with van der Waals surface area (Å²) in [4.78, 5) is 37.8. The molecule has 0 bridgehead atoms. The van der Waals surface area contributed by atoms with Crippen LogP contribution in [0.4, 0.5) is 8.78 Å². The lowest BCUT2D eigenvalue weighted by atomic mass is 9.70. The predicted octanol–water partition coefficient (Wildman–Crippen LogP) is 1.58. The fourth-order valence-corrected chi connectivity index (χ4v) is 3.23. The number of nitrogens with two attached hydrogens (primary N) is 1. The van der Waals surface area contributed by atoms with Crippen molar-refractivity contribution < 1.29 is 27.9 Å². The van der Waals surface area contributed by atoms with E-state index in [0.717, 1.165) is 19.2 Å². The Morgan fingerprint density at radius 1 is 1.21 bits per heavy atom. The van der Waals surface area contributed by atoms with Crippen molar-refractivity contribution in [3.63, 3.8) is 0 Å². The lowest BCUT2D eigenvalue weighted by molar-refractivity contribution is -0.151. The topological polar surface area (TPSA) is 98.5 Å². The Balaban J connectivity index is 2.33. The normalized spacial score (nSPS) is 20.3. The summed E-state index contributed by atoms with van der Waals surface area (Å²) in [7, 11) is 1.13. The number of benzene rings is 1. The maximum Gasteiger partial charge on any atom is 0.329 e. The number of carbonyl (C=O) groups excluding carboxylic acids is 3. The molecular weight excluding hydrogens is 370 g/mol. The molecule has 0 heterocycles. The largest absolute Gasteiger partial charge is 0.467 e. The standard InChI is InChI=1S/C20H22F2N2O4/c1-12(23)18(26)20(6-4-3-5-7-20)17(19(27)28-2)24-16(25)10-13-8-14(21)11-15(22)9-13/h3-6,8-9,11-12,17H,7,10,23H2,1-2H3,(H,24,25)/t12-,17+,20?/m0/s1. The van der Waals surface area contributed by atoms with E-state index in [1.165, 1.54) is 13.0 Å². The zero-order valence-electron chi connectivity index (χ0n) is 15.6. The van der Waals surface area contributed by atoms with Crippen molar-refractivity contribution in [3.8, 4) is 0 Å². The van der Waals surface area contributed by atoms with Gasteiger partial charge in [0, 0.05) is 6.07 Å². The van der Waals surface area contributed by atoms with E-state index >= 15 is 0 Å². The zero-order chi connectivity index (χ0) is 20.9. The second kappa shape index (κ2) is 8.88. The minimum absolute atomic E-state index is 0.0882. The van der Waals surface area contributed by atoms with Gasteiger partial charge in [-0.1, -0.05) is 24.3 Å². The van der Waals surface area contributed by atoms with Crippen molar-refractivity contribution in [2.75, 3.05) is 7.11 Å². The monoisotopic (exact) mass is 392 g/mol. The van der Waals surface area contributed by atoms with E-state index < -0.39 is 46.8 Å². The Labute approximate surface area is 161 Å². The van der Waals surface area contributed by atoms with Crippen LogP contribution in [-0.4, -0.2) is 36.9 Å². The van der Waals surface area contributed by atoms with Gasteiger partial charge in [0.05, 0.1) is 25.0 Å². The van der Waals surface area contributed by atoms with Gasteiger partial charge in [-0.25, -0.2) is 13.6 Å². The molecule has 0 spiro atoms. The molecule has 0 aliphatic heterocycles. The van der Waals surface area contributed by atoms with Crippen LogP contribution in [-0.2, 0) is 25.5 Å². The molecule has 1 aliphatic rings. The lowest BCUT2D eigenvalue weighted by Gasteiger charge is -2.37. The molecule has 1 aromatic carbocycles. The van der Waals surface area contributed by atoms with Crippen LogP contribution in [0.2, 0.25) is 0 Å². The van der Waals surface area contributed by atoms with Crippen LogP contribution in [0, 0.1) is 17.0 Å². The highest BCUT2D eigenvalue weighted by Gasteiger charge is 2.49. The first-order valence-electron chi connectivity index (χ1n) is 8.66. The molecule has 3 N–H and O–H groups in total. The SMILES string of the molecule is COC(=O)[C@@H](NC(=O)Cc1cc(F)cc(F)c1)C1(C(=O)[C@H](C)N)C=CC=CC1. The summed E-state index contributed by atoms with van der Waals surface area (Å²) < 4.78 is 31.5. The second-order valence-electron chi connectivity index (χ2n) is 6.66. The molecule has 1 unspecified atom stereocenters. The smallest absolute Gasteiger partial charge is 0.329 e. The van der Waals surface area contributed by atoms with Gasteiger partial charge in [0.1, 0.15) is 17.7 Å². The Bertz CT molecular complexity index is 815. The number of nitrogens with one attached hydrogen (secondary N) is 1. The van der Waals surface area contributed by atoms with Crippen LogP contribution < -0.4 is 11.1 Å². The number of esters is 1. The third kappa shape index (κ3) is 4.69. The number of methoxy groups -OCH3 is 1. The van der Waals surface area contributed by atoms with E-state index in [1.54, 1.807) is 18.2 Å². The van der Waals surface area contributed by atoms with Crippen molar-refractivity contribution >= 4 is 17.7 Å². The number of ketones is 1. The average Bonchev–Trinajstić information content (AvgIpc) is 2.64. The summed E-state index contributed by atoms with van der Waals surface area (Å²) >= 11 is 0. The van der Waals surface area contributed by atoms with E-state index in [2.05, 4.69) is 5.32 Å². The predicted molar refractivity (Wildman–Crippen MR) is 98.0 cm³/mol. The zero-order valence-corrected chi connectivity index (χ0v) is 15.6. The number of hydrogen-bond acceptors (Lipinski definition) is 5. The summed E-state index contributed by atoms with van der Waals surface area (Å²) in [5.74, 6) is -3.61. The van der Waals surface area contributed by atoms with E-state index in [9.17, 15) is 23.2 Å². The molecule has 0 saturated carbocycles. The maximum absolute atomic E-state index is 13.3. The van der Waals surface area contributed by atoms with Crippen molar-refractivity contribution in [2.45, 2.75) is 31.8 Å². The molecule has 3 atom stereocenters. The quantitative estimate of drug-likeness (QED) is 0.687. The third-order valence-electron chi connectivity index (χ3n) is 4.51. The van der Waals surface area contributed by atoms with Gasteiger partial charge < -0.3 is 15.8 Å². The van der Waals surface area contributed by atoms with Crippen molar-refractivity contribution in [2.24, 2.45) is 11.1 Å². The first-order valence-corrected chi connectivity index (χ1v) is 8.66. The lowest BCUT2D eigenvalue weighted by Crippen LogP contribution is -2.59. The minimum Gasteiger partial charge on any atom is -0.467 e. The molecule has 0 fully saturated rings. The Morgan fingerprint density at radius 2 is 1.86 bits per heavy atom. The summed E-state index contributed by atoms with van der Waals surface area (Å²) in [5, 5.41) is 2.48. The fourth-order valence-electron chi connectivity index (χ4n) is 3.23. The van der Waals surface area contributed by atoms with Gasteiger partial charge >= 0.3 is 5.97 Å². The molecule has 2 rings (SSSR count). The molecule has 1 aliphatic carbocycles. The Kier molecular flexibility index (Phi) is 6.80. The van der Waals surface area contributed by atoms with Gasteiger partial charge in [0.25, 0.3) is 0 Å². The third-order valence-corrected chi connectivity index (χ3v) is 4.51. The van der Waals surface area contributed by atoms with Crippen molar-refractivity contribution in [3.05, 3.63) is 59.7 Å². The Hall–Kier alpha value is -2.87. The molecule has 1 amide bonds. The van der Waals surface area contributed by atoms with E-state index in [1.807, 2.05) is 0 Å². The fraction of sp³-hybridized carbons (Fsp3) is 0.350. The first-order chi connectivity index (χ1) is 13.2. The molecule has 150 valence electrons. The highest BCUT2D eigenvalue weighted by molar-refractivity contribution is 5.99. The van der Waals surface area contributed by atoms with E-state index in [4.69, 9.17) is 10.5 Å². The van der Waals surface area contributed by atoms with Gasteiger partial charge in [-0.05, 0) is 31.0 Å². The molecule has 0 aromatic heterocycles. The highest BCUT2D eigenvalue weighted by Crippen LogP contribution is 2.35. The van der Waals surface area contributed by atoms with Crippen LogP contribution in [0.5, 0.6) is 0 Å².